The number of anilines is 1. The molecule has 0 spiro atoms. The van der Waals surface area contributed by atoms with Crippen molar-refractivity contribution in [3.05, 3.63) is 16.0 Å². The van der Waals surface area contributed by atoms with Crippen LogP contribution >= 0.6 is 11.3 Å². The van der Waals surface area contributed by atoms with Crippen LogP contribution < -0.4 is 11.1 Å². The van der Waals surface area contributed by atoms with Crippen molar-refractivity contribution < 1.29 is 23.9 Å². The van der Waals surface area contributed by atoms with Gasteiger partial charge in [0.1, 0.15) is 22.0 Å². The van der Waals surface area contributed by atoms with Gasteiger partial charge in [0.25, 0.3) is 5.91 Å². The smallest absolute Gasteiger partial charge is 0.341 e. The van der Waals surface area contributed by atoms with Gasteiger partial charge in [-0.05, 0) is 19.3 Å². The molecule has 1 aliphatic carbocycles. The Kier molecular flexibility index (Phi) is 5.25. The number of carbonyl (C=O) groups is 3. The van der Waals surface area contributed by atoms with E-state index in [0.29, 0.717) is 11.5 Å². The second-order valence-corrected chi connectivity index (χ2v) is 6.43. The Labute approximate surface area is 138 Å². The molecule has 0 saturated heterocycles. The summed E-state index contributed by atoms with van der Waals surface area (Å²) in [6.07, 6.45) is 0.803. The lowest BCUT2D eigenvalue weighted by Gasteiger charge is -2.08. The Bertz CT molecular complexity index is 640. The predicted molar refractivity (Wildman–Crippen MR) is 85.1 cm³/mol. The highest BCUT2D eigenvalue weighted by molar-refractivity contribution is 7.18. The lowest BCUT2D eigenvalue weighted by molar-refractivity contribution is -0.146. The number of amides is 1. The SMILES string of the molecule is CCOC(=O)c1c(N)sc(C(=O)NC)c1COC(=O)[C@H]1C[C@H]1C. The molecular weight excluding hydrogens is 320 g/mol. The van der Waals surface area contributed by atoms with Crippen LogP contribution in [0.1, 0.15) is 45.9 Å². The molecule has 0 bridgehead atoms. The van der Waals surface area contributed by atoms with Gasteiger partial charge in [0.05, 0.1) is 12.5 Å². The van der Waals surface area contributed by atoms with E-state index in [-0.39, 0.29) is 46.4 Å². The molecule has 1 heterocycles. The van der Waals surface area contributed by atoms with E-state index < -0.39 is 5.97 Å². The van der Waals surface area contributed by atoms with E-state index in [9.17, 15) is 14.4 Å². The first-order valence-electron chi connectivity index (χ1n) is 7.37. The van der Waals surface area contributed by atoms with Gasteiger partial charge < -0.3 is 20.5 Å². The summed E-state index contributed by atoms with van der Waals surface area (Å²) in [5, 5.41) is 2.66. The minimum Gasteiger partial charge on any atom is -0.462 e. The van der Waals surface area contributed by atoms with Gasteiger partial charge in [-0.3, -0.25) is 9.59 Å². The molecule has 8 heteroatoms. The normalized spacial score (nSPS) is 19.1. The molecule has 3 N–H and O–H groups in total. The second kappa shape index (κ2) is 6.99. The number of nitrogen functional groups attached to an aromatic ring is 1. The van der Waals surface area contributed by atoms with Gasteiger partial charge in [-0.1, -0.05) is 6.92 Å². The molecule has 126 valence electrons. The van der Waals surface area contributed by atoms with Crippen LogP contribution in [-0.2, 0) is 20.9 Å². The fourth-order valence-corrected chi connectivity index (χ4v) is 3.25. The topological polar surface area (TPSA) is 108 Å². The number of hydrogen-bond donors (Lipinski definition) is 2. The Morgan fingerprint density at radius 2 is 2.00 bits per heavy atom. The summed E-state index contributed by atoms with van der Waals surface area (Å²) < 4.78 is 10.2. The van der Waals surface area contributed by atoms with Crippen LogP contribution in [0, 0.1) is 11.8 Å². The third kappa shape index (κ3) is 3.64. The zero-order chi connectivity index (χ0) is 17.1. The molecule has 1 amide bonds. The van der Waals surface area contributed by atoms with Gasteiger partial charge >= 0.3 is 11.9 Å². The largest absolute Gasteiger partial charge is 0.462 e. The van der Waals surface area contributed by atoms with Gasteiger partial charge in [-0.15, -0.1) is 11.3 Å². The minimum absolute atomic E-state index is 0.0968. The maximum absolute atomic E-state index is 12.1. The molecule has 1 fully saturated rings. The first-order valence-corrected chi connectivity index (χ1v) is 8.19. The maximum Gasteiger partial charge on any atom is 0.341 e. The van der Waals surface area contributed by atoms with E-state index in [1.165, 1.54) is 7.05 Å². The Morgan fingerprint density at radius 3 is 2.52 bits per heavy atom. The van der Waals surface area contributed by atoms with Crippen LogP contribution in [0.5, 0.6) is 0 Å². The van der Waals surface area contributed by atoms with Gasteiger partial charge in [0, 0.05) is 12.6 Å². The van der Waals surface area contributed by atoms with Crippen molar-refractivity contribution in [3.63, 3.8) is 0 Å². The fraction of sp³-hybridized carbons (Fsp3) is 0.533. The molecule has 7 nitrogen and oxygen atoms in total. The van der Waals surface area contributed by atoms with E-state index >= 15 is 0 Å². The van der Waals surface area contributed by atoms with Crippen LogP contribution in [0.4, 0.5) is 5.00 Å². The quantitative estimate of drug-likeness (QED) is 0.761. The molecule has 0 radical (unpaired) electrons. The molecule has 1 aromatic rings. The maximum atomic E-state index is 12.1. The number of esters is 2. The average Bonchev–Trinajstić information content (AvgIpc) is 3.15. The molecule has 23 heavy (non-hydrogen) atoms. The third-order valence-corrected chi connectivity index (χ3v) is 4.78. The lowest BCUT2D eigenvalue weighted by Crippen LogP contribution is -2.20. The summed E-state index contributed by atoms with van der Waals surface area (Å²) in [6, 6.07) is 0. The summed E-state index contributed by atoms with van der Waals surface area (Å²) in [6.45, 7) is 3.65. The number of carbonyl (C=O) groups excluding carboxylic acids is 3. The van der Waals surface area contributed by atoms with Crippen molar-refractivity contribution in [3.8, 4) is 0 Å². The number of thiophene rings is 1. The van der Waals surface area contributed by atoms with Crippen LogP contribution in [0.25, 0.3) is 0 Å². The third-order valence-electron chi connectivity index (χ3n) is 3.72. The highest BCUT2D eigenvalue weighted by Gasteiger charge is 2.41. The second-order valence-electron chi connectivity index (χ2n) is 5.38. The minimum atomic E-state index is -0.623. The molecule has 1 saturated carbocycles. The number of nitrogens with two attached hydrogens (primary N) is 1. The van der Waals surface area contributed by atoms with Crippen molar-refractivity contribution in [2.24, 2.45) is 11.8 Å². The van der Waals surface area contributed by atoms with Crippen LogP contribution in [0.3, 0.4) is 0 Å². The Morgan fingerprint density at radius 1 is 1.35 bits per heavy atom. The summed E-state index contributed by atoms with van der Waals surface area (Å²) in [5.41, 5.74) is 6.27. The molecule has 0 aliphatic heterocycles. The number of nitrogens with one attached hydrogen (secondary N) is 1. The van der Waals surface area contributed by atoms with Crippen LogP contribution in [-0.4, -0.2) is 31.5 Å². The van der Waals surface area contributed by atoms with Crippen molar-refractivity contribution in [1.29, 1.82) is 0 Å². The number of ether oxygens (including phenoxy) is 2. The van der Waals surface area contributed by atoms with Gasteiger partial charge in [-0.2, -0.15) is 0 Å². The molecule has 2 atom stereocenters. The van der Waals surface area contributed by atoms with Gasteiger partial charge in [-0.25, -0.2) is 4.79 Å². The fourth-order valence-electron chi connectivity index (χ4n) is 2.25. The van der Waals surface area contributed by atoms with Crippen LogP contribution in [0.15, 0.2) is 0 Å². The molecule has 1 aromatic heterocycles. The molecule has 1 aliphatic rings. The van der Waals surface area contributed by atoms with E-state index in [1.54, 1.807) is 6.92 Å². The summed E-state index contributed by atoms with van der Waals surface area (Å²) in [4.78, 5) is 36.2. The molecule has 2 rings (SSSR count). The van der Waals surface area contributed by atoms with E-state index in [0.717, 1.165) is 17.8 Å². The average molecular weight is 340 g/mol. The number of hydrogen-bond acceptors (Lipinski definition) is 7. The van der Waals surface area contributed by atoms with Crippen molar-refractivity contribution >= 4 is 34.2 Å². The number of rotatable bonds is 6. The summed E-state index contributed by atoms with van der Waals surface area (Å²) in [5.74, 6) is -1.11. The zero-order valence-electron chi connectivity index (χ0n) is 13.3. The van der Waals surface area contributed by atoms with E-state index in [2.05, 4.69) is 5.32 Å². The zero-order valence-corrected chi connectivity index (χ0v) is 14.1. The first-order chi connectivity index (χ1) is 10.9. The Balaban J connectivity index is 2.27. The first kappa shape index (κ1) is 17.3. The molecule has 0 aromatic carbocycles. The van der Waals surface area contributed by atoms with Gasteiger partial charge in [0.15, 0.2) is 0 Å². The summed E-state index contributed by atoms with van der Waals surface area (Å²) in [7, 11) is 1.48. The standard InChI is InChI=1S/C15H20N2O5S/c1-4-21-15(20)10-9(6-22-14(19)8-5-7(8)2)11(13(18)17-3)23-12(10)16/h7-8H,4-6,16H2,1-3H3,(H,17,18)/t7-,8+/m1/s1. The molecule has 0 unspecified atom stereocenters. The Hall–Kier alpha value is -2.09. The predicted octanol–water partition coefficient (Wildman–Crippen LogP) is 1.57. The highest BCUT2D eigenvalue weighted by atomic mass is 32.1. The summed E-state index contributed by atoms with van der Waals surface area (Å²) >= 11 is 0.978. The van der Waals surface area contributed by atoms with Gasteiger partial charge in [0.2, 0.25) is 0 Å². The van der Waals surface area contributed by atoms with E-state index in [1.807, 2.05) is 6.92 Å². The van der Waals surface area contributed by atoms with Crippen molar-refractivity contribution in [1.82, 2.24) is 5.32 Å². The van der Waals surface area contributed by atoms with Crippen molar-refractivity contribution in [2.45, 2.75) is 26.9 Å². The highest BCUT2D eigenvalue weighted by Crippen LogP contribution is 2.39. The van der Waals surface area contributed by atoms with Crippen molar-refractivity contribution in [2.75, 3.05) is 19.4 Å². The monoisotopic (exact) mass is 340 g/mol. The lowest BCUT2D eigenvalue weighted by atomic mass is 10.1. The molecular formula is C15H20N2O5S. The van der Waals surface area contributed by atoms with Crippen LogP contribution in [0.2, 0.25) is 0 Å². The van der Waals surface area contributed by atoms with E-state index in [4.69, 9.17) is 15.2 Å².